The number of piperidine rings is 1. The number of likely N-dealkylation sites (tertiary alicyclic amines) is 1. The molecule has 1 aromatic rings. The minimum Gasteiger partial charge on any atom is -0.444 e. The summed E-state index contributed by atoms with van der Waals surface area (Å²) >= 11 is 6.10. The zero-order valence-corrected chi connectivity index (χ0v) is 16.5. The van der Waals surface area contributed by atoms with Crippen molar-refractivity contribution in [1.29, 1.82) is 0 Å². The highest BCUT2D eigenvalue weighted by Gasteiger charge is 2.38. The normalized spacial score (nSPS) is 21.6. The SMILES string of the molecule is C[C@@H]1C(=O)Cc2ccc(Cl)nc2N1C1CCN(C(=O)OC(C)(C)C)CC1. The molecule has 6 nitrogen and oxygen atoms in total. The van der Waals surface area contributed by atoms with Gasteiger partial charge in [0.15, 0.2) is 5.78 Å². The van der Waals surface area contributed by atoms with Crippen LogP contribution in [0, 0.1) is 0 Å². The molecule has 0 unspecified atom stereocenters. The summed E-state index contributed by atoms with van der Waals surface area (Å²) in [6.45, 7) is 8.73. The molecule has 0 spiro atoms. The fourth-order valence-electron chi connectivity index (χ4n) is 3.63. The largest absolute Gasteiger partial charge is 0.444 e. The number of ketones is 1. The molecular formula is C19H26ClN3O3. The van der Waals surface area contributed by atoms with E-state index in [1.807, 2.05) is 33.8 Å². The van der Waals surface area contributed by atoms with Crippen LogP contribution in [0.4, 0.5) is 10.6 Å². The van der Waals surface area contributed by atoms with Crippen LogP contribution in [0.2, 0.25) is 5.15 Å². The quantitative estimate of drug-likeness (QED) is 0.699. The molecule has 1 fully saturated rings. The summed E-state index contributed by atoms with van der Waals surface area (Å²) in [6, 6.07) is 3.54. The third-order valence-electron chi connectivity index (χ3n) is 4.92. The number of halogens is 1. The van der Waals surface area contributed by atoms with Crippen molar-refractivity contribution in [2.75, 3.05) is 18.0 Å². The van der Waals surface area contributed by atoms with Crippen molar-refractivity contribution in [1.82, 2.24) is 9.88 Å². The van der Waals surface area contributed by atoms with E-state index in [9.17, 15) is 9.59 Å². The Hall–Kier alpha value is -1.82. The molecule has 2 aliphatic rings. The molecule has 1 saturated heterocycles. The van der Waals surface area contributed by atoms with E-state index in [0.29, 0.717) is 24.7 Å². The zero-order chi connectivity index (χ0) is 19.1. The Balaban J connectivity index is 1.74. The molecule has 1 atom stereocenters. The van der Waals surface area contributed by atoms with Crippen LogP contribution in [0.15, 0.2) is 12.1 Å². The summed E-state index contributed by atoms with van der Waals surface area (Å²) in [5, 5.41) is 0.432. The maximum atomic E-state index is 12.4. The lowest BCUT2D eigenvalue weighted by Crippen LogP contribution is -2.54. The van der Waals surface area contributed by atoms with Crippen molar-refractivity contribution in [2.45, 2.75) is 64.6 Å². The number of fused-ring (bicyclic) bond motifs is 1. The lowest BCUT2D eigenvalue weighted by molar-refractivity contribution is -0.120. The van der Waals surface area contributed by atoms with E-state index in [2.05, 4.69) is 9.88 Å². The third-order valence-corrected chi connectivity index (χ3v) is 5.13. The van der Waals surface area contributed by atoms with E-state index in [0.717, 1.165) is 24.2 Å². The molecule has 1 amide bonds. The van der Waals surface area contributed by atoms with Crippen molar-refractivity contribution in [3.8, 4) is 0 Å². The average molecular weight is 380 g/mol. The number of nitrogens with zero attached hydrogens (tertiary/aromatic N) is 3. The second-order valence-corrected chi connectivity index (χ2v) is 8.43. The molecule has 0 aromatic carbocycles. The van der Waals surface area contributed by atoms with Crippen LogP contribution < -0.4 is 4.90 Å². The van der Waals surface area contributed by atoms with E-state index in [1.54, 1.807) is 11.0 Å². The topological polar surface area (TPSA) is 62.7 Å². The van der Waals surface area contributed by atoms with Crippen LogP contribution in [0.25, 0.3) is 0 Å². The highest BCUT2D eigenvalue weighted by Crippen LogP contribution is 2.33. The molecule has 0 saturated carbocycles. The second-order valence-electron chi connectivity index (χ2n) is 8.04. The van der Waals surface area contributed by atoms with E-state index in [-0.39, 0.29) is 24.0 Å². The van der Waals surface area contributed by atoms with Crippen molar-refractivity contribution < 1.29 is 14.3 Å². The Kier molecular flexibility index (Phi) is 5.15. The van der Waals surface area contributed by atoms with Crippen LogP contribution in [-0.4, -0.2) is 52.5 Å². The Morgan fingerprint density at radius 1 is 1.27 bits per heavy atom. The van der Waals surface area contributed by atoms with Crippen LogP contribution >= 0.6 is 11.6 Å². The lowest BCUT2D eigenvalue weighted by Gasteiger charge is -2.44. The predicted octanol–water partition coefficient (Wildman–Crippen LogP) is 3.45. The van der Waals surface area contributed by atoms with Gasteiger partial charge in [-0.15, -0.1) is 0 Å². The number of pyridine rings is 1. The van der Waals surface area contributed by atoms with E-state index < -0.39 is 5.60 Å². The van der Waals surface area contributed by atoms with Crippen molar-refractivity contribution in [2.24, 2.45) is 0 Å². The monoisotopic (exact) mass is 379 g/mol. The van der Waals surface area contributed by atoms with Gasteiger partial charge in [0.1, 0.15) is 16.6 Å². The number of Topliss-reactive ketones (excluding diaryl/α,β-unsaturated/α-hetero) is 1. The van der Waals surface area contributed by atoms with Crippen LogP contribution in [-0.2, 0) is 16.0 Å². The van der Waals surface area contributed by atoms with Crippen LogP contribution in [0.3, 0.4) is 0 Å². The highest BCUT2D eigenvalue weighted by molar-refractivity contribution is 6.29. The molecule has 0 N–H and O–H groups in total. The Labute approximate surface area is 159 Å². The lowest BCUT2D eigenvalue weighted by atomic mass is 9.93. The van der Waals surface area contributed by atoms with Gasteiger partial charge in [0.2, 0.25) is 0 Å². The number of anilines is 1. The van der Waals surface area contributed by atoms with Gasteiger partial charge in [0, 0.05) is 31.1 Å². The summed E-state index contributed by atoms with van der Waals surface area (Å²) < 4.78 is 5.46. The third kappa shape index (κ3) is 3.95. The van der Waals surface area contributed by atoms with Gasteiger partial charge in [0.05, 0.1) is 6.04 Å². The van der Waals surface area contributed by atoms with Crippen molar-refractivity contribution >= 4 is 29.3 Å². The number of rotatable bonds is 1. The van der Waals surface area contributed by atoms with Gasteiger partial charge in [-0.3, -0.25) is 4.79 Å². The first-order valence-electron chi connectivity index (χ1n) is 9.10. The Morgan fingerprint density at radius 2 is 1.92 bits per heavy atom. The van der Waals surface area contributed by atoms with E-state index in [4.69, 9.17) is 16.3 Å². The number of amides is 1. The number of hydrogen-bond acceptors (Lipinski definition) is 5. The van der Waals surface area contributed by atoms with E-state index >= 15 is 0 Å². The number of carbonyl (C=O) groups excluding carboxylic acids is 2. The first-order valence-corrected chi connectivity index (χ1v) is 9.48. The van der Waals surface area contributed by atoms with Gasteiger partial charge in [-0.05, 0) is 46.6 Å². The highest BCUT2D eigenvalue weighted by atomic mass is 35.5. The number of aromatic nitrogens is 1. The van der Waals surface area contributed by atoms with Gasteiger partial charge < -0.3 is 14.5 Å². The zero-order valence-electron chi connectivity index (χ0n) is 15.8. The second kappa shape index (κ2) is 7.06. The fraction of sp³-hybridized carbons (Fsp3) is 0.632. The van der Waals surface area contributed by atoms with Crippen LogP contribution in [0.5, 0.6) is 0 Å². The van der Waals surface area contributed by atoms with Crippen molar-refractivity contribution in [3.05, 3.63) is 22.8 Å². The molecule has 26 heavy (non-hydrogen) atoms. The van der Waals surface area contributed by atoms with Gasteiger partial charge >= 0.3 is 6.09 Å². The van der Waals surface area contributed by atoms with Gasteiger partial charge in [-0.25, -0.2) is 9.78 Å². The van der Waals surface area contributed by atoms with Gasteiger partial charge in [0.25, 0.3) is 0 Å². The molecule has 3 heterocycles. The van der Waals surface area contributed by atoms with Crippen molar-refractivity contribution in [3.63, 3.8) is 0 Å². The molecule has 2 aliphatic heterocycles. The van der Waals surface area contributed by atoms with Gasteiger partial charge in [-0.2, -0.15) is 0 Å². The minimum atomic E-state index is -0.499. The molecular weight excluding hydrogens is 354 g/mol. The summed E-state index contributed by atoms with van der Waals surface area (Å²) in [5.41, 5.74) is 0.425. The molecule has 0 radical (unpaired) electrons. The molecule has 142 valence electrons. The predicted molar refractivity (Wildman–Crippen MR) is 101 cm³/mol. The first kappa shape index (κ1) is 19.0. The summed E-state index contributed by atoms with van der Waals surface area (Å²) in [7, 11) is 0. The number of hydrogen-bond donors (Lipinski definition) is 0. The first-order chi connectivity index (χ1) is 12.2. The maximum absolute atomic E-state index is 12.4. The molecule has 0 bridgehead atoms. The average Bonchev–Trinajstić information content (AvgIpc) is 2.55. The summed E-state index contributed by atoms with van der Waals surface area (Å²) in [6.07, 6.45) is 1.66. The molecule has 1 aromatic heterocycles. The number of ether oxygens (including phenoxy) is 1. The standard InChI is InChI=1S/C19H26ClN3O3/c1-12-15(24)11-13-5-6-16(20)21-17(13)23(12)14-7-9-22(10-8-14)18(25)26-19(2,3)4/h5-6,12,14H,7-11H2,1-4H3/t12-/m1/s1. The molecule has 7 heteroatoms. The number of carbonyl (C=O) groups is 2. The Morgan fingerprint density at radius 3 is 2.54 bits per heavy atom. The van der Waals surface area contributed by atoms with E-state index in [1.165, 1.54) is 0 Å². The minimum absolute atomic E-state index is 0.151. The summed E-state index contributed by atoms with van der Waals surface area (Å²) in [5.74, 6) is 0.997. The molecule has 0 aliphatic carbocycles. The molecule has 3 rings (SSSR count). The van der Waals surface area contributed by atoms with Crippen LogP contribution in [0.1, 0.15) is 46.1 Å². The smallest absolute Gasteiger partial charge is 0.410 e. The Bertz CT molecular complexity index is 708. The fourth-order valence-corrected chi connectivity index (χ4v) is 3.77. The van der Waals surface area contributed by atoms with Gasteiger partial charge in [-0.1, -0.05) is 17.7 Å². The summed E-state index contributed by atoms with van der Waals surface area (Å²) in [4.78, 5) is 33.0. The maximum Gasteiger partial charge on any atom is 0.410 e.